The highest BCUT2D eigenvalue weighted by Gasteiger charge is 2.16. The molecule has 2 nitrogen and oxygen atoms in total. The van der Waals surface area contributed by atoms with Crippen LogP contribution in [0.5, 0.6) is 11.5 Å². The Hall–Kier alpha value is -1.70. The van der Waals surface area contributed by atoms with Gasteiger partial charge in [-0.25, -0.2) is 0 Å². The smallest absolute Gasteiger partial charge is 0.231 e. The van der Waals surface area contributed by atoms with Crippen LogP contribution in [0.3, 0.4) is 0 Å². The van der Waals surface area contributed by atoms with E-state index in [0.717, 1.165) is 16.9 Å². The molecule has 0 spiro atoms. The summed E-state index contributed by atoms with van der Waals surface area (Å²) in [5.74, 6) is 2.27. The number of hydrogen-bond acceptors (Lipinski definition) is 2. The van der Waals surface area contributed by atoms with E-state index in [1.54, 1.807) is 0 Å². The van der Waals surface area contributed by atoms with Crippen molar-refractivity contribution in [3.63, 3.8) is 0 Å². The van der Waals surface area contributed by atoms with Crippen LogP contribution in [0.25, 0.3) is 10.8 Å². The molecule has 0 amide bonds. The zero-order chi connectivity index (χ0) is 11.1. The third-order valence-electron chi connectivity index (χ3n) is 3.04. The van der Waals surface area contributed by atoms with E-state index >= 15 is 0 Å². The highest BCUT2D eigenvalue weighted by atomic mass is 16.7. The fraction of sp³-hybridized carbons (Fsp3) is 0.286. The van der Waals surface area contributed by atoms with Crippen molar-refractivity contribution in [3.8, 4) is 11.5 Å². The zero-order valence-electron chi connectivity index (χ0n) is 9.49. The van der Waals surface area contributed by atoms with E-state index in [1.165, 1.54) is 10.9 Å². The Kier molecular flexibility index (Phi) is 2.03. The van der Waals surface area contributed by atoms with Gasteiger partial charge in [-0.3, -0.25) is 0 Å². The van der Waals surface area contributed by atoms with Gasteiger partial charge in [-0.1, -0.05) is 32.0 Å². The number of benzene rings is 2. The molecule has 0 N–H and O–H groups in total. The average molecular weight is 214 g/mol. The van der Waals surface area contributed by atoms with Crippen molar-refractivity contribution in [2.24, 2.45) is 0 Å². The van der Waals surface area contributed by atoms with Gasteiger partial charge in [0.2, 0.25) is 6.79 Å². The summed E-state index contributed by atoms with van der Waals surface area (Å²) in [5.41, 5.74) is 1.33. The molecule has 2 aromatic rings. The lowest BCUT2D eigenvalue weighted by Crippen LogP contribution is -1.93. The van der Waals surface area contributed by atoms with Crippen LogP contribution in [-0.2, 0) is 0 Å². The molecule has 0 saturated carbocycles. The minimum atomic E-state index is 0.334. The first kappa shape index (κ1) is 9.52. The second-order valence-electron chi connectivity index (χ2n) is 4.43. The van der Waals surface area contributed by atoms with Crippen LogP contribution in [0.2, 0.25) is 0 Å². The summed E-state index contributed by atoms with van der Waals surface area (Å²) in [5, 5.41) is 2.36. The van der Waals surface area contributed by atoms with Crippen LogP contribution in [0.1, 0.15) is 25.3 Å². The lowest BCUT2D eigenvalue weighted by molar-refractivity contribution is 0.175. The maximum Gasteiger partial charge on any atom is 0.231 e. The minimum absolute atomic E-state index is 0.334. The van der Waals surface area contributed by atoms with Crippen molar-refractivity contribution in [1.82, 2.24) is 0 Å². The van der Waals surface area contributed by atoms with Gasteiger partial charge >= 0.3 is 0 Å². The van der Waals surface area contributed by atoms with Gasteiger partial charge in [0, 0.05) is 5.39 Å². The first-order chi connectivity index (χ1) is 7.75. The SMILES string of the molecule is CC(C)c1ccc2ccc3c(c2c1)OCO3. The number of ether oxygens (including phenoxy) is 2. The standard InChI is InChI=1S/C14H14O2/c1-9(2)11-4-3-10-5-6-13-14(12(10)7-11)16-8-15-13/h3-7,9H,8H2,1-2H3. The molecule has 2 heteroatoms. The Balaban J connectivity index is 2.28. The highest BCUT2D eigenvalue weighted by Crippen LogP contribution is 2.39. The van der Waals surface area contributed by atoms with Gasteiger partial charge < -0.3 is 9.47 Å². The van der Waals surface area contributed by atoms with E-state index in [-0.39, 0.29) is 0 Å². The molecule has 1 heterocycles. The summed E-state index contributed by atoms with van der Waals surface area (Å²) in [7, 11) is 0. The molecule has 3 rings (SSSR count). The Morgan fingerprint density at radius 1 is 1.06 bits per heavy atom. The summed E-state index contributed by atoms with van der Waals surface area (Å²) in [4.78, 5) is 0. The van der Waals surface area contributed by atoms with E-state index in [2.05, 4.69) is 38.1 Å². The summed E-state index contributed by atoms with van der Waals surface area (Å²) in [6.45, 7) is 4.73. The van der Waals surface area contributed by atoms with Crippen molar-refractivity contribution in [2.45, 2.75) is 19.8 Å². The summed E-state index contributed by atoms with van der Waals surface area (Å²) >= 11 is 0. The normalized spacial score (nSPS) is 13.7. The molecule has 0 atom stereocenters. The molecule has 0 fully saturated rings. The molecule has 1 aliphatic heterocycles. The fourth-order valence-corrected chi connectivity index (χ4v) is 2.06. The number of fused-ring (bicyclic) bond motifs is 3. The average Bonchev–Trinajstić information content (AvgIpc) is 2.76. The van der Waals surface area contributed by atoms with E-state index in [0.29, 0.717) is 12.7 Å². The lowest BCUT2D eigenvalue weighted by atomic mass is 9.99. The molecular weight excluding hydrogens is 200 g/mol. The zero-order valence-corrected chi connectivity index (χ0v) is 9.49. The van der Waals surface area contributed by atoms with Gasteiger partial charge in [-0.05, 0) is 29.0 Å². The molecule has 2 aromatic carbocycles. The van der Waals surface area contributed by atoms with E-state index in [4.69, 9.17) is 9.47 Å². The molecule has 82 valence electrons. The number of hydrogen-bond donors (Lipinski definition) is 0. The van der Waals surface area contributed by atoms with Gasteiger partial charge in [0.05, 0.1) is 0 Å². The van der Waals surface area contributed by atoms with Crippen LogP contribution in [0.4, 0.5) is 0 Å². The molecule has 0 aliphatic carbocycles. The van der Waals surface area contributed by atoms with E-state index in [1.807, 2.05) is 6.07 Å². The van der Waals surface area contributed by atoms with E-state index in [9.17, 15) is 0 Å². The van der Waals surface area contributed by atoms with Crippen molar-refractivity contribution in [1.29, 1.82) is 0 Å². The van der Waals surface area contributed by atoms with Gasteiger partial charge in [0.1, 0.15) is 0 Å². The highest BCUT2D eigenvalue weighted by molar-refractivity contribution is 5.91. The van der Waals surface area contributed by atoms with Crippen molar-refractivity contribution in [3.05, 3.63) is 35.9 Å². The topological polar surface area (TPSA) is 18.5 Å². The monoisotopic (exact) mass is 214 g/mol. The minimum Gasteiger partial charge on any atom is -0.454 e. The quantitative estimate of drug-likeness (QED) is 0.720. The Morgan fingerprint density at radius 2 is 1.88 bits per heavy atom. The van der Waals surface area contributed by atoms with Crippen molar-refractivity contribution >= 4 is 10.8 Å². The van der Waals surface area contributed by atoms with Crippen LogP contribution >= 0.6 is 0 Å². The first-order valence-electron chi connectivity index (χ1n) is 5.58. The van der Waals surface area contributed by atoms with Gasteiger partial charge in [-0.15, -0.1) is 0 Å². The third-order valence-corrected chi connectivity index (χ3v) is 3.04. The van der Waals surface area contributed by atoms with Gasteiger partial charge in [0.15, 0.2) is 11.5 Å². The predicted octanol–water partition coefficient (Wildman–Crippen LogP) is 3.69. The van der Waals surface area contributed by atoms with Crippen molar-refractivity contribution in [2.75, 3.05) is 6.79 Å². The molecule has 0 unspecified atom stereocenters. The lowest BCUT2D eigenvalue weighted by Gasteiger charge is -2.08. The Bertz CT molecular complexity index is 544. The van der Waals surface area contributed by atoms with Gasteiger partial charge in [-0.2, -0.15) is 0 Å². The first-order valence-corrected chi connectivity index (χ1v) is 5.58. The maximum atomic E-state index is 5.52. The molecule has 1 aliphatic rings. The molecule has 0 aromatic heterocycles. The van der Waals surface area contributed by atoms with Crippen LogP contribution in [-0.4, -0.2) is 6.79 Å². The summed E-state index contributed by atoms with van der Waals surface area (Å²) in [6.07, 6.45) is 0. The molecule has 16 heavy (non-hydrogen) atoms. The molecule has 0 saturated heterocycles. The van der Waals surface area contributed by atoms with Crippen molar-refractivity contribution < 1.29 is 9.47 Å². The predicted molar refractivity (Wildman–Crippen MR) is 64.2 cm³/mol. The number of rotatable bonds is 1. The fourth-order valence-electron chi connectivity index (χ4n) is 2.06. The second-order valence-corrected chi connectivity index (χ2v) is 4.43. The maximum absolute atomic E-state index is 5.52. The summed E-state index contributed by atoms with van der Waals surface area (Å²) in [6, 6.07) is 10.6. The Labute approximate surface area is 94.8 Å². The van der Waals surface area contributed by atoms with Crippen LogP contribution < -0.4 is 9.47 Å². The van der Waals surface area contributed by atoms with E-state index < -0.39 is 0 Å². The summed E-state index contributed by atoms with van der Waals surface area (Å²) < 4.78 is 10.9. The largest absolute Gasteiger partial charge is 0.454 e. The van der Waals surface area contributed by atoms with Gasteiger partial charge in [0.25, 0.3) is 0 Å². The molecular formula is C14H14O2. The third kappa shape index (κ3) is 1.33. The molecule has 0 radical (unpaired) electrons. The second kappa shape index (κ2) is 3.41. The van der Waals surface area contributed by atoms with Crippen LogP contribution in [0.15, 0.2) is 30.3 Å². The Morgan fingerprint density at radius 3 is 2.69 bits per heavy atom. The van der Waals surface area contributed by atoms with Crippen LogP contribution in [0, 0.1) is 0 Å². The molecule has 0 bridgehead atoms.